The van der Waals surface area contributed by atoms with Gasteiger partial charge >= 0.3 is 5.76 Å². The van der Waals surface area contributed by atoms with Crippen molar-refractivity contribution < 1.29 is 14.1 Å². The fourth-order valence-electron chi connectivity index (χ4n) is 2.25. The van der Waals surface area contributed by atoms with Gasteiger partial charge in [-0.1, -0.05) is 6.07 Å². The molecule has 0 bridgehead atoms. The Bertz CT molecular complexity index is 928. The molecule has 1 aromatic carbocycles. The van der Waals surface area contributed by atoms with E-state index in [1.165, 1.54) is 22.8 Å². The monoisotopic (exact) mass is 315 g/mol. The number of hydrogen-bond acceptors (Lipinski definition) is 6. The zero-order valence-electron chi connectivity index (χ0n) is 12.3. The highest BCUT2D eigenvalue weighted by Crippen LogP contribution is 2.20. The zero-order valence-corrected chi connectivity index (χ0v) is 12.3. The fraction of sp³-hybridized carbons (Fsp3) is 0.200. The molecule has 23 heavy (non-hydrogen) atoms. The molecule has 0 saturated carbocycles. The van der Waals surface area contributed by atoms with Crippen molar-refractivity contribution in [1.82, 2.24) is 9.55 Å². The second-order valence-electron chi connectivity index (χ2n) is 4.76. The Kier molecular flexibility index (Phi) is 3.80. The first-order valence-electron chi connectivity index (χ1n) is 6.95. The summed E-state index contributed by atoms with van der Waals surface area (Å²) in [6, 6.07) is 9.33. The number of hydrogen-bond donors (Lipinski definition) is 0. The maximum Gasteiger partial charge on any atom is 0.420 e. The number of oxazole rings is 1. The highest BCUT2D eigenvalue weighted by Gasteiger charge is 2.14. The largest absolute Gasteiger partial charge is 0.478 e. The van der Waals surface area contributed by atoms with E-state index in [0.29, 0.717) is 23.7 Å². The van der Waals surface area contributed by atoms with Gasteiger partial charge in [-0.15, -0.1) is 0 Å². The van der Waals surface area contributed by atoms with E-state index < -0.39 is 10.7 Å². The van der Waals surface area contributed by atoms with Gasteiger partial charge in [0.25, 0.3) is 5.69 Å². The summed E-state index contributed by atoms with van der Waals surface area (Å²) in [5, 5.41) is 10.8. The number of aromatic nitrogens is 2. The molecule has 0 spiro atoms. The van der Waals surface area contributed by atoms with E-state index in [2.05, 4.69) is 4.98 Å². The Morgan fingerprint density at radius 2 is 2.17 bits per heavy atom. The number of rotatable bonds is 5. The van der Waals surface area contributed by atoms with Crippen LogP contribution in [0.4, 0.5) is 5.69 Å². The molecule has 0 aliphatic rings. The number of ether oxygens (including phenoxy) is 1. The number of nitrogens with zero attached hydrogens (tertiary/aromatic N) is 3. The van der Waals surface area contributed by atoms with Crippen LogP contribution in [0.15, 0.2) is 45.6 Å². The van der Waals surface area contributed by atoms with Gasteiger partial charge in [0.15, 0.2) is 5.58 Å². The van der Waals surface area contributed by atoms with E-state index >= 15 is 0 Å². The highest BCUT2D eigenvalue weighted by molar-refractivity contribution is 5.75. The second kappa shape index (κ2) is 5.91. The lowest BCUT2D eigenvalue weighted by atomic mass is 10.3. The van der Waals surface area contributed by atoms with E-state index in [9.17, 15) is 14.9 Å². The van der Waals surface area contributed by atoms with Crippen molar-refractivity contribution in [2.45, 2.75) is 13.5 Å². The van der Waals surface area contributed by atoms with Crippen LogP contribution in [0.1, 0.15) is 12.6 Å². The van der Waals surface area contributed by atoms with Crippen molar-refractivity contribution in [2.24, 2.45) is 0 Å². The topological polar surface area (TPSA) is 100 Å². The molecule has 0 fully saturated rings. The molecular weight excluding hydrogens is 302 g/mol. The van der Waals surface area contributed by atoms with Gasteiger partial charge in [-0.05, 0) is 19.1 Å². The van der Waals surface area contributed by atoms with Crippen molar-refractivity contribution >= 4 is 16.8 Å². The molecule has 0 amide bonds. The van der Waals surface area contributed by atoms with Crippen LogP contribution < -0.4 is 10.5 Å². The Morgan fingerprint density at radius 1 is 1.35 bits per heavy atom. The third-order valence-electron chi connectivity index (χ3n) is 3.26. The minimum absolute atomic E-state index is 0.130. The van der Waals surface area contributed by atoms with Gasteiger partial charge in [-0.3, -0.25) is 14.7 Å². The highest BCUT2D eigenvalue weighted by atomic mass is 16.6. The summed E-state index contributed by atoms with van der Waals surface area (Å²) in [4.78, 5) is 26.5. The van der Waals surface area contributed by atoms with Gasteiger partial charge in [0.2, 0.25) is 5.88 Å². The number of pyridine rings is 1. The van der Waals surface area contributed by atoms with Crippen LogP contribution in [-0.4, -0.2) is 21.1 Å². The molecule has 0 saturated heterocycles. The molecule has 0 radical (unpaired) electrons. The first-order chi connectivity index (χ1) is 11.1. The number of nitro benzene ring substituents is 1. The lowest BCUT2D eigenvalue weighted by Crippen LogP contribution is -2.15. The van der Waals surface area contributed by atoms with Crippen LogP contribution in [0.2, 0.25) is 0 Å². The molecule has 8 heteroatoms. The van der Waals surface area contributed by atoms with Crippen LogP contribution in [0, 0.1) is 10.1 Å². The lowest BCUT2D eigenvalue weighted by molar-refractivity contribution is -0.384. The Balaban J connectivity index is 2.00. The van der Waals surface area contributed by atoms with Gasteiger partial charge < -0.3 is 9.15 Å². The minimum atomic E-state index is -0.593. The summed E-state index contributed by atoms with van der Waals surface area (Å²) < 4.78 is 11.8. The number of benzene rings is 1. The second-order valence-corrected chi connectivity index (χ2v) is 4.76. The molecule has 0 aliphatic carbocycles. The quantitative estimate of drug-likeness (QED) is 0.529. The summed E-state index contributed by atoms with van der Waals surface area (Å²) in [7, 11) is 0. The average molecular weight is 315 g/mol. The SMILES string of the molecule is CCOc1cccc(Cn2c(=O)oc3cc([N+](=O)[O-])ccc32)n1. The minimum Gasteiger partial charge on any atom is -0.478 e. The first-order valence-corrected chi connectivity index (χ1v) is 6.95. The Morgan fingerprint density at radius 3 is 2.91 bits per heavy atom. The molecule has 3 rings (SSSR count). The summed E-state index contributed by atoms with van der Waals surface area (Å²) in [5.41, 5.74) is 1.14. The third-order valence-corrected chi connectivity index (χ3v) is 3.26. The normalized spacial score (nSPS) is 10.8. The Labute approximate surface area is 130 Å². The number of nitro groups is 1. The molecule has 3 aromatic rings. The van der Waals surface area contributed by atoms with Crippen LogP contribution in [0.25, 0.3) is 11.1 Å². The molecule has 0 N–H and O–H groups in total. The average Bonchev–Trinajstić information content (AvgIpc) is 2.83. The van der Waals surface area contributed by atoms with Crippen molar-refractivity contribution in [3.8, 4) is 5.88 Å². The summed E-state index contributed by atoms with van der Waals surface area (Å²) in [5.74, 6) is -0.120. The van der Waals surface area contributed by atoms with Crippen molar-refractivity contribution in [3.63, 3.8) is 0 Å². The third kappa shape index (κ3) is 2.91. The molecule has 2 aromatic heterocycles. The van der Waals surface area contributed by atoms with Crippen LogP contribution >= 0.6 is 0 Å². The zero-order chi connectivity index (χ0) is 16.4. The van der Waals surface area contributed by atoms with Gasteiger partial charge in [-0.2, -0.15) is 0 Å². The van der Waals surface area contributed by atoms with Crippen molar-refractivity contribution in [3.05, 3.63) is 62.8 Å². The number of fused-ring (bicyclic) bond motifs is 1. The van der Waals surface area contributed by atoms with Gasteiger partial charge in [-0.25, -0.2) is 9.78 Å². The van der Waals surface area contributed by atoms with Crippen LogP contribution in [0.5, 0.6) is 5.88 Å². The van der Waals surface area contributed by atoms with E-state index in [4.69, 9.17) is 9.15 Å². The predicted octanol–water partition coefficient (Wildman–Crippen LogP) is 2.34. The van der Waals surface area contributed by atoms with Crippen molar-refractivity contribution in [2.75, 3.05) is 6.61 Å². The van der Waals surface area contributed by atoms with E-state index in [0.717, 1.165) is 0 Å². The maximum absolute atomic E-state index is 12.0. The fourth-order valence-corrected chi connectivity index (χ4v) is 2.25. The summed E-state index contributed by atoms with van der Waals surface area (Å²) >= 11 is 0. The first kappa shape index (κ1) is 14.8. The molecule has 0 atom stereocenters. The van der Waals surface area contributed by atoms with Crippen LogP contribution in [0.3, 0.4) is 0 Å². The van der Waals surface area contributed by atoms with Crippen LogP contribution in [-0.2, 0) is 6.54 Å². The molecular formula is C15H13N3O5. The molecule has 118 valence electrons. The summed E-state index contributed by atoms with van der Waals surface area (Å²) in [6.07, 6.45) is 0. The molecule has 2 heterocycles. The predicted molar refractivity (Wildman–Crippen MR) is 81.6 cm³/mol. The summed E-state index contributed by atoms with van der Waals surface area (Å²) in [6.45, 7) is 2.54. The van der Waals surface area contributed by atoms with Gasteiger partial charge in [0.1, 0.15) is 0 Å². The Hall–Kier alpha value is -3.16. The van der Waals surface area contributed by atoms with Gasteiger partial charge in [0, 0.05) is 12.1 Å². The molecule has 0 unspecified atom stereocenters. The standard InChI is InChI=1S/C15H13N3O5/c1-2-22-14-5-3-4-10(16-14)9-17-12-7-6-11(18(20)21)8-13(12)23-15(17)19/h3-8H,2,9H2,1H3. The van der Waals surface area contributed by atoms with Crippen molar-refractivity contribution in [1.29, 1.82) is 0 Å². The smallest absolute Gasteiger partial charge is 0.420 e. The number of non-ortho nitro benzene ring substituents is 1. The van der Waals surface area contributed by atoms with Gasteiger partial charge in [0.05, 0.1) is 35.4 Å². The maximum atomic E-state index is 12.0. The van der Waals surface area contributed by atoms with E-state index in [-0.39, 0.29) is 17.8 Å². The lowest BCUT2D eigenvalue weighted by Gasteiger charge is -2.05. The molecule has 0 aliphatic heterocycles. The molecule has 8 nitrogen and oxygen atoms in total. The van der Waals surface area contributed by atoms with E-state index in [1.54, 1.807) is 18.2 Å². The van der Waals surface area contributed by atoms with E-state index in [1.807, 2.05) is 6.92 Å².